The Kier molecular flexibility index (Phi) is 5.43. The van der Waals surface area contributed by atoms with Crippen molar-refractivity contribution in [2.24, 2.45) is 0 Å². The largest absolute Gasteiger partial charge is 0.485 e. The summed E-state index contributed by atoms with van der Waals surface area (Å²) in [7, 11) is 0. The first-order chi connectivity index (χ1) is 15.7. The Hall–Kier alpha value is -2.87. The molecule has 1 aromatic carbocycles. The van der Waals surface area contributed by atoms with Gasteiger partial charge in [0.2, 0.25) is 0 Å². The van der Waals surface area contributed by atoms with E-state index in [2.05, 4.69) is 33.9 Å². The van der Waals surface area contributed by atoms with Crippen LogP contribution in [0.5, 0.6) is 5.75 Å². The van der Waals surface area contributed by atoms with Gasteiger partial charge in [0.25, 0.3) is 11.5 Å². The first kappa shape index (κ1) is 21.9. The summed E-state index contributed by atoms with van der Waals surface area (Å²) in [4.78, 5) is 33.0. The van der Waals surface area contributed by atoms with E-state index in [1.54, 1.807) is 27.6 Å². The van der Waals surface area contributed by atoms with Crippen molar-refractivity contribution in [2.75, 3.05) is 6.54 Å². The van der Waals surface area contributed by atoms with Gasteiger partial charge in [0.05, 0.1) is 18.6 Å². The molecule has 8 heteroatoms. The molecule has 2 aromatic heterocycles. The molecular formula is C25H27BrN4O3. The van der Waals surface area contributed by atoms with E-state index in [0.29, 0.717) is 30.9 Å². The number of pyridine rings is 1. The number of halogens is 1. The normalized spacial score (nSPS) is 22.4. The number of imidazole rings is 1. The summed E-state index contributed by atoms with van der Waals surface area (Å²) in [6, 6.07) is 9.52. The molecular weight excluding hydrogens is 484 g/mol. The Morgan fingerprint density at radius 3 is 2.82 bits per heavy atom. The third-order valence-electron chi connectivity index (χ3n) is 6.73. The molecule has 3 aromatic rings. The van der Waals surface area contributed by atoms with Crippen LogP contribution in [0.2, 0.25) is 0 Å². The van der Waals surface area contributed by atoms with Gasteiger partial charge in [0.15, 0.2) is 0 Å². The minimum absolute atomic E-state index is 0.0116. The highest BCUT2D eigenvalue weighted by Gasteiger charge is 2.38. The molecule has 5 rings (SSSR count). The third-order valence-corrected chi connectivity index (χ3v) is 7.23. The van der Waals surface area contributed by atoms with Crippen molar-refractivity contribution in [3.05, 3.63) is 74.6 Å². The molecule has 2 atom stereocenters. The predicted molar refractivity (Wildman–Crippen MR) is 129 cm³/mol. The molecule has 2 aliphatic heterocycles. The van der Waals surface area contributed by atoms with Crippen molar-refractivity contribution in [3.63, 3.8) is 0 Å². The third kappa shape index (κ3) is 4.01. The van der Waals surface area contributed by atoms with Gasteiger partial charge in [-0.2, -0.15) is 0 Å². The number of aryl methyl sites for hydroxylation is 2. The fourth-order valence-corrected chi connectivity index (χ4v) is 5.21. The van der Waals surface area contributed by atoms with Crippen LogP contribution in [0.1, 0.15) is 48.4 Å². The van der Waals surface area contributed by atoms with E-state index in [-0.39, 0.29) is 17.5 Å². The SMILES string of the molecule is Cc1cn(-c2ccc3n(c2=O)CCC(C)N(CC2(C)CCc4cc(Br)ccc4O2)C3=O)cn1. The first-order valence-electron chi connectivity index (χ1n) is 11.3. The molecule has 0 saturated carbocycles. The van der Waals surface area contributed by atoms with Gasteiger partial charge in [0, 0.05) is 23.3 Å². The van der Waals surface area contributed by atoms with Crippen LogP contribution in [0, 0.1) is 6.92 Å². The summed E-state index contributed by atoms with van der Waals surface area (Å²) in [5.41, 5.74) is 2.27. The minimum Gasteiger partial charge on any atom is -0.485 e. The Balaban J connectivity index is 1.45. The van der Waals surface area contributed by atoms with E-state index >= 15 is 0 Å². The monoisotopic (exact) mass is 510 g/mol. The van der Waals surface area contributed by atoms with Crippen molar-refractivity contribution in [1.29, 1.82) is 0 Å². The van der Waals surface area contributed by atoms with Crippen LogP contribution in [0.4, 0.5) is 0 Å². The minimum atomic E-state index is -0.492. The second-order valence-corrected chi connectivity index (χ2v) is 10.3. The molecule has 0 bridgehead atoms. The summed E-state index contributed by atoms with van der Waals surface area (Å²) in [6.45, 7) is 6.96. The van der Waals surface area contributed by atoms with Gasteiger partial charge >= 0.3 is 0 Å². The van der Waals surface area contributed by atoms with E-state index in [1.165, 1.54) is 5.56 Å². The Morgan fingerprint density at radius 1 is 1.24 bits per heavy atom. The molecule has 2 unspecified atom stereocenters. The summed E-state index contributed by atoms with van der Waals surface area (Å²) in [5, 5.41) is 0. The highest BCUT2D eigenvalue weighted by Crippen LogP contribution is 2.36. The number of carbonyl (C=O) groups is 1. The van der Waals surface area contributed by atoms with Gasteiger partial charge in [-0.3, -0.25) is 9.59 Å². The number of fused-ring (bicyclic) bond motifs is 2. The molecule has 0 N–H and O–H groups in total. The molecule has 1 amide bonds. The maximum Gasteiger partial charge on any atom is 0.275 e. The molecule has 0 spiro atoms. The second-order valence-electron chi connectivity index (χ2n) is 9.36. The second kappa shape index (κ2) is 8.17. The quantitative estimate of drug-likeness (QED) is 0.531. The van der Waals surface area contributed by atoms with Crippen molar-refractivity contribution in [2.45, 2.75) is 58.2 Å². The Morgan fingerprint density at radius 2 is 2.06 bits per heavy atom. The first-order valence-corrected chi connectivity index (χ1v) is 12.1. The molecule has 4 heterocycles. The summed E-state index contributed by atoms with van der Waals surface area (Å²) < 4.78 is 10.8. The fraction of sp³-hybridized carbons (Fsp3) is 0.400. The maximum atomic E-state index is 13.6. The molecule has 0 radical (unpaired) electrons. The van der Waals surface area contributed by atoms with Crippen LogP contribution in [0.25, 0.3) is 5.69 Å². The molecule has 0 saturated heterocycles. The molecule has 0 aliphatic carbocycles. The molecule has 33 heavy (non-hydrogen) atoms. The average Bonchev–Trinajstić information content (AvgIpc) is 3.17. The standard InChI is InChI=1S/C25H27BrN4O3/c1-16-13-28(15-27-16)20-5-6-21-24(32)30(17(2)9-11-29(21)23(20)31)14-25(3)10-8-18-12-19(26)4-7-22(18)33-25/h4-7,12-13,15,17H,8-11,14H2,1-3H3. The van der Waals surface area contributed by atoms with Gasteiger partial charge < -0.3 is 18.8 Å². The maximum absolute atomic E-state index is 13.6. The summed E-state index contributed by atoms with van der Waals surface area (Å²) >= 11 is 3.52. The van der Waals surface area contributed by atoms with E-state index in [1.807, 2.05) is 37.1 Å². The van der Waals surface area contributed by atoms with E-state index in [4.69, 9.17) is 4.74 Å². The lowest BCUT2D eigenvalue weighted by Gasteiger charge is -2.41. The average molecular weight is 511 g/mol. The molecule has 2 aliphatic rings. The number of ether oxygens (including phenoxy) is 1. The highest BCUT2D eigenvalue weighted by atomic mass is 79.9. The number of aromatic nitrogens is 3. The van der Waals surface area contributed by atoms with Crippen LogP contribution in [0.3, 0.4) is 0 Å². The van der Waals surface area contributed by atoms with Gasteiger partial charge in [-0.15, -0.1) is 0 Å². The smallest absolute Gasteiger partial charge is 0.275 e. The highest BCUT2D eigenvalue weighted by molar-refractivity contribution is 9.10. The van der Waals surface area contributed by atoms with Gasteiger partial charge in [-0.05, 0) is 75.9 Å². The fourth-order valence-electron chi connectivity index (χ4n) is 4.80. The van der Waals surface area contributed by atoms with Crippen LogP contribution in [-0.2, 0) is 13.0 Å². The number of rotatable bonds is 3. The molecule has 0 fully saturated rings. The lowest BCUT2D eigenvalue weighted by Crippen LogP contribution is -2.51. The molecule has 172 valence electrons. The van der Waals surface area contributed by atoms with Crippen LogP contribution >= 0.6 is 15.9 Å². The van der Waals surface area contributed by atoms with Crippen LogP contribution < -0.4 is 10.3 Å². The number of carbonyl (C=O) groups excluding carboxylic acids is 1. The number of hydrogen-bond donors (Lipinski definition) is 0. The number of amides is 1. The van der Waals surface area contributed by atoms with Gasteiger partial charge in [-0.25, -0.2) is 4.98 Å². The number of nitrogens with zero attached hydrogens (tertiary/aromatic N) is 4. The van der Waals surface area contributed by atoms with Crippen molar-refractivity contribution in [1.82, 2.24) is 19.0 Å². The van der Waals surface area contributed by atoms with E-state index in [9.17, 15) is 9.59 Å². The van der Waals surface area contributed by atoms with Crippen molar-refractivity contribution in [3.8, 4) is 11.4 Å². The van der Waals surface area contributed by atoms with Crippen LogP contribution in [0.15, 0.2) is 52.1 Å². The van der Waals surface area contributed by atoms with E-state index < -0.39 is 5.60 Å². The number of benzene rings is 1. The number of hydrogen-bond acceptors (Lipinski definition) is 4. The summed E-state index contributed by atoms with van der Waals surface area (Å²) in [5.74, 6) is 0.746. The van der Waals surface area contributed by atoms with Gasteiger partial charge in [-0.1, -0.05) is 15.9 Å². The van der Waals surface area contributed by atoms with Crippen molar-refractivity contribution >= 4 is 21.8 Å². The Bertz CT molecular complexity index is 1300. The Labute approximate surface area is 201 Å². The predicted octanol–water partition coefficient (Wildman–Crippen LogP) is 4.12. The van der Waals surface area contributed by atoms with Gasteiger partial charge in [0.1, 0.15) is 22.7 Å². The lowest BCUT2D eigenvalue weighted by molar-refractivity contribution is 0.0133. The topological polar surface area (TPSA) is 69.4 Å². The lowest BCUT2D eigenvalue weighted by atomic mass is 9.91. The molecule has 7 nitrogen and oxygen atoms in total. The zero-order chi connectivity index (χ0) is 23.3. The zero-order valence-corrected chi connectivity index (χ0v) is 20.6. The summed E-state index contributed by atoms with van der Waals surface area (Å²) in [6.07, 6.45) is 5.85. The van der Waals surface area contributed by atoms with Crippen LogP contribution in [-0.4, -0.2) is 43.1 Å². The van der Waals surface area contributed by atoms with Crippen molar-refractivity contribution < 1.29 is 9.53 Å². The van der Waals surface area contributed by atoms with E-state index in [0.717, 1.165) is 28.8 Å². The zero-order valence-electron chi connectivity index (χ0n) is 19.0.